The van der Waals surface area contributed by atoms with Crippen molar-refractivity contribution < 1.29 is 24.2 Å². The zero-order chi connectivity index (χ0) is 35.3. The number of rotatable bonds is 38. The number of unbranched alkanes of at least 4 members (excludes halogenated alkanes) is 25. The zero-order valence-corrected chi connectivity index (χ0v) is 32.9. The number of esters is 2. The Balaban J connectivity index is 3.38. The molecule has 0 saturated carbocycles. The minimum atomic E-state index is -0.956. The van der Waals surface area contributed by atoms with Crippen LogP contribution in [0.25, 0.3) is 0 Å². The first-order chi connectivity index (χ1) is 23.3. The van der Waals surface area contributed by atoms with Crippen molar-refractivity contribution in [3.05, 3.63) is 0 Å². The maximum atomic E-state index is 12.0. The first-order valence-electron chi connectivity index (χ1n) is 21.3. The normalized spacial score (nSPS) is 12.8. The Morgan fingerprint density at radius 1 is 0.438 bits per heavy atom. The lowest BCUT2D eigenvalue weighted by molar-refractivity contribution is -0.152. The summed E-state index contributed by atoms with van der Waals surface area (Å²) in [6.45, 7) is 9.08. The van der Waals surface area contributed by atoms with E-state index >= 15 is 0 Å². The van der Waals surface area contributed by atoms with Crippen LogP contribution in [0.5, 0.6) is 0 Å². The highest BCUT2D eigenvalue weighted by Crippen LogP contribution is 2.17. The summed E-state index contributed by atoms with van der Waals surface area (Å²) in [5.41, 5.74) is 0. The fourth-order valence-electron chi connectivity index (χ4n) is 6.42. The van der Waals surface area contributed by atoms with Gasteiger partial charge in [-0.25, -0.2) is 0 Å². The molecule has 0 fully saturated rings. The van der Waals surface area contributed by atoms with E-state index in [1.54, 1.807) is 0 Å². The van der Waals surface area contributed by atoms with Gasteiger partial charge in [0.2, 0.25) is 0 Å². The quantitative estimate of drug-likeness (QED) is 0.0519. The lowest BCUT2D eigenvalue weighted by atomic mass is 9.99. The second kappa shape index (κ2) is 37.2. The van der Waals surface area contributed by atoms with Crippen molar-refractivity contribution in [1.82, 2.24) is 0 Å². The molecule has 0 aliphatic rings. The highest BCUT2D eigenvalue weighted by molar-refractivity contribution is 5.69. The summed E-state index contributed by atoms with van der Waals surface area (Å²) in [6, 6.07) is 0. The first-order valence-corrected chi connectivity index (χ1v) is 21.3. The fraction of sp³-hybridized carbons (Fsp3) is 0.953. The van der Waals surface area contributed by atoms with E-state index in [1.165, 1.54) is 167 Å². The summed E-state index contributed by atoms with van der Waals surface area (Å²) in [7, 11) is 0. The van der Waals surface area contributed by atoms with Gasteiger partial charge in [0.1, 0.15) is 19.3 Å². The van der Waals surface area contributed by atoms with E-state index < -0.39 is 6.10 Å². The maximum absolute atomic E-state index is 12.0. The topological polar surface area (TPSA) is 72.8 Å². The molecule has 0 aromatic carbocycles. The maximum Gasteiger partial charge on any atom is 0.305 e. The Morgan fingerprint density at radius 3 is 1.00 bits per heavy atom. The molecule has 48 heavy (non-hydrogen) atoms. The fourth-order valence-corrected chi connectivity index (χ4v) is 6.42. The number of aliphatic hydroxyl groups is 1. The molecule has 0 rings (SSSR count). The summed E-state index contributed by atoms with van der Waals surface area (Å²) in [6.07, 6.45) is 38.7. The molecule has 0 heterocycles. The second-order valence-corrected chi connectivity index (χ2v) is 15.6. The number of aliphatic hydroxyl groups excluding tert-OH is 1. The number of hydrogen-bond acceptors (Lipinski definition) is 5. The Labute approximate surface area is 299 Å². The highest BCUT2D eigenvalue weighted by Gasteiger charge is 2.12. The second-order valence-electron chi connectivity index (χ2n) is 15.6. The molecule has 286 valence electrons. The van der Waals surface area contributed by atoms with Crippen molar-refractivity contribution in [1.29, 1.82) is 0 Å². The summed E-state index contributed by atoms with van der Waals surface area (Å²) in [5.74, 6) is 1.20. The van der Waals surface area contributed by atoms with Crippen LogP contribution in [0.4, 0.5) is 0 Å². The standard InChI is InChI=1S/C43H84O5/c1-5-40(4)34-30-26-22-18-14-10-6-7-11-15-19-23-27-31-35-42(45)47-37-41(44)38-48-43(46)36-32-28-24-20-16-12-8-9-13-17-21-25-29-33-39(2)3/h39-41,44H,5-38H2,1-4H3/t40?,41-/m1/s1. The van der Waals surface area contributed by atoms with Crippen molar-refractivity contribution in [2.24, 2.45) is 11.8 Å². The predicted molar refractivity (Wildman–Crippen MR) is 205 cm³/mol. The van der Waals surface area contributed by atoms with Crippen molar-refractivity contribution in [2.45, 2.75) is 239 Å². The van der Waals surface area contributed by atoms with E-state index in [1.807, 2.05) is 0 Å². The van der Waals surface area contributed by atoms with Crippen molar-refractivity contribution in [3.8, 4) is 0 Å². The zero-order valence-electron chi connectivity index (χ0n) is 32.9. The number of carbonyl (C=O) groups excluding carboxylic acids is 2. The Bertz CT molecular complexity index is 678. The monoisotopic (exact) mass is 681 g/mol. The van der Waals surface area contributed by atoms with E-state index in [2.05, 4.69) is 27.7 Å². The minimum absolute atomic E-state index is 0.108. The summed E-state index contributed by atoms with van der Waals surface area (Å²) >= 11 is 0. The Kier molecular flexibility index (Phi) is 36.3. The van der Waals surface area contributed by atoms with Crippen LogP contribution in [-0.2, 0) is 19.1 Å². The molecule has 1 N–H and O–H groups in total. The molecule has 0 bridgehead atoms. The van der Waals surface area contributed by atoms with Crippen LogP contribution in [-0.4, -0.2) is 36.4 Å². The number of hydrogen-bond donors (Lipinski definition) is 1. The van der Waals surface area contributed by atoms with Gasteiger partial charge in [-0.3, -0.25) is 9.59 Å². The molecular formula is C43H84O5. The highest BCUT2D eigenvalue weighted by atomic mass is 16.6. The summed E-state index contributed by atoms with van der Waals surface area (Å²) in [4.78, 5) is 24.0. The van der Waals surface area contributed by atoms with Crippen LogP contribution in [0.3, 0.4) is 0 Å². The number of carbonyl (C=O) groups is 2. The average Bonchev–Trinajstić information content (AvgIpc) is 3.07. The first kappa shape index (κ1) is 46.9. The van der Waals surface area contributed by atoms with Gasteiger partial charge in [-0.2, -0.15) is 0 Å². The molecule has 0 aliphatic heterocycles. The van der Waals surface area contributed by atoms with Crippen LogP contribution in [0, 0.1) is 11.8 Å². The molecule has 5 nitrogen and oxygen atoms in total. The third-order valence-corrected chi connectivity index (χ3v) is 10.1. The smallest absolute Gasteiger partial charge is 0.305 e. The molecular weight excluding hydrogens is 596 g/mol. The van der Waals surface area contributed by atoms with Gasteiger partial charge in [0.25, 0.3) is 0 Å². The van der Waals surface area contributed by atoms with Crippen LogP contribution in [0.2, 0.25) is 0 Å². The third-order valence-electron chi connectivity index (χ3n) is 10.1. The van der Waals surface area contributed by atoms with Gasteiger partial charge in [-0.15, -0.1) is 0 Å². The molecule has 0 aromatic rings. The van der Waals surface area contributed by atoms with E-state index in [-0.39, 0.29) is 25.2 Å². The Morgan fingerprint density at radius 2 is 0.708 bits per heavy atom. The van der Waals surface area contributed by atoms with E-state index in [0.717, 1.165) is 37.5 Å². The average molecular weight is 681 g/mol. The van der Waals surface area contributed by atoms with Gasteiger partial charge < -0.3 is 14.6 Å². The van der Waals surface area contributed by atoms with Crippen LogP contribution in [0.15, 0.2) is 0 Å². The summed E-state index contributed by atoms with van der Waals surface area (Å²) in [5, 5.41) is 10.0. The van der Waals surface area contributed by atoms with E-state index in [0.29, 0.717) is 12.8 Å². The van der Waals surface area contributed by atoms with Gasteiger partial charge in [0, 0.05) is 12.8 Å². The molecule has 5 heteroatoms. The van der Waals surface area contributed by atoms with Gasteiger partial charge in [0.05, 0.1) is 0 Å². The van der Waals surface area contributed by atoms with Crippen LogP contribution < -0.4 is 0 Å². The third kappa shape index (κ3) is 37.7. The van der Waals surface area contributed by atoms with Crippen molar-refractivity contribution in [3.63, 3.8) is 0 Å². The lowest BCUT2D eigenvalue weighted by Gasteiger charge is -2.12. The summed E-state index contributed by atoms with van der Waals surface area (Å²) < 4.78 is 10.4. The molecule has 1 unspecified atom stereocenters. The SMILES string of the molecule is CCC(C)CCCCCCCCCCCCCCCCC(=O)OC[C@@H](O)COC(=O)CCCCCCCCCCCCCCCC(C)C. The van der Waals surface area contributed by atoms with Crippen LogP contribution in [0.1, 0.15) is 233 Å². The molecule has 2 atom stereocenters. The minimum Gasteiger partial charge on any atom is -0.463 e. The Hall–Kier alpha value is -1.10. The molecule has 0 spiro atoms. The molecule has 0 saturated heterocycles. The van der Waals surface area contributed by atoms with E-state index in [9.17, 15) is 14.7 Å². The van der Waals surface area contributed by atoms with Crippen molar-refractivity contribution >= 4 is 11.9 Å². The molecule has 0 amide bonds. The lowest BCUT2D eigenvalue weighted by Crippen LogP contribution is -2.25. The van der Waals surface area contributed by atoms with Gasteiger partial charge in [-0.05, 0) is 24.7 Å². The van der Waals surface area contributed by atoms with Gasteiger partial charge in [0.15, 0.2) is 0 Å². The molecule has 0 aromatic heterocycles. The van der Waals surface area contributed by atoms with Gasteiger partial charge in [-0.1, -0.05) is 207 Å². The van der Waals surface area contributed by atoms with Gasteiger partial charge >= 0.3 is 11.9 Å². The largest absolute Gasteiger partial charge is 0.463 e. The number of ether oxygens (including phenoxy) is 2. The van der Waals surface area contributed by atoms with Crippen molar-refractivity contribution in [2.75, 3.05) is 13.2 Å². The van der Waals surface area contributed by atoms with E-state index in [4.69, 9.17) is 9.47 Å². The molecule has 0 aliphatic carbocycles. The van der Waals surface area contributed by atoms with Crippen LogP contribution >= 0.6 is 0 Å². The predicted octanol–water partition coefficient (Wildman–Crippen LogP) is 13.2. The molecule has 0 radical (unpaired) electrons.